The van der Waals surface area contributed by atoms with Gasteiger partial charge in [0.25, 0.3) is 0 Å². The van der Waals surface area contributed by atoms with Crippen LogP contribution in [0.4, 0.5) is 5.88 Å². The largest absolute Gasteiger partial charge is 0.449 e. The normalized spacial score (nSPS) is 17.6. The molecule has 0 unspecified atom stereocenters. The Balaban J connectivity index is 1.76. The Kier molecular flexibility index (Phi) is 3.43. The first-order valence-corrected chi connectivity index (χ1v) is 5.68. The molecule has 1 N–H and O–H groups in total. The Morgan fingerprint density at radius 2 is 2.20 bits per heavy atom. The van der Waals surface area contributed by atoms with E-state index in [9.17, 15) is 4.79 Å². The molecule has 1 aliphatic carbocycles. The van der Waals surface area contributed by atoms with Crippen molar-refractivity contribution < 1.29 is 9.21 Å². The number of anilines is 1. The first-order chi connectivity index (χ1) is 7.34. The molecule has 1 aliphatic rings. The number of carbonyl (C=O) groups excluding carboxylic acids is 1. The summed E-state index contributed by atoms with van der Waals surface area (Å²) in [5.41, 5.74) is 0. The van der Waals surface area contributed by atoms with E-state index in [1.807, 2.05) is 0 Å². The number of carbonyl (C=O) groups is 1. The Hall–Kier alpha value is -1.25. The van der Waals surface area contributed by atoms with Crippen molar-refractivity contribution >= 4 is 11.8 Å². The highest BCUT2D eigenvalue weighted by atomic mass is 16.3. The van der Waals surface area contributed by atoms with Gasteiger partial charge < -0.3 is 4.42 Å². The number of amides is 1. The summed E-state index contributed by atoms with van der Waals surface area (Å²) in [4.78, 5) is 11.6. The molecule has 1 heterocycles. The molecule has 0 bridgehead atoms. The first kappa shape index (κ1) is 10.3. The molecule has 3 nitrogen and oxygen atoms in total. The van der Waals surface area contributed by atoms with Crippen molar-refractivity contribution in [3.8, 4) is 0 Å². The highest BCUT2D eigenvalue weighted by Crippen LogP contribution is 2.26. The maximum atomic E-state index is 11.6. The lowest BCUT2D eigenvalue weighted by atomic mass is 9.87. The van der Waals surface area contributed by atoms with Crippen LogP contribution in [0.15, 0.2) is 22.8 Å². The summed E-state index contributed by atoms with van der Waals surface area (Å²) in [6.07, 6.45) is 8.49. The third-order valence-electron chi connectivity index (χ3n) is 2.98. The van der Waals surface area contributed by atoms with Gasteiger partial charge in [0.05, 0.1) is 6.26 Å². The molecule has 2 rings (SSSR count). The van der Waals surface area contributed by atoms with E-state index in [1.54, 1.807) is 18.4 Å². The minimum atomic E-state index is 0.0804. The quantitative estimate of drug-likeness (QED) is 0.827. The average molecular weight is 207 g/mol. The molecule has 0 radical (unpaired) electrons. The van der Waals surface area contributed by atoms with Gasteiger partial charge in [0.2, 0.25) is 5.91 Å². The fraction of sp³-hybridized carbons (Fsp3) is 0.583. The van der Waals surface area contributed by atoms with E-state index < -0.39 is 0 Å². The molecule has 1 saturated carbocycles. The number of hydrogen-bond acceptors (Lipinski definition) is 2. The van der Waals surface area contributed by atoms with Gasteiger partial charge in [-0.2, -0.15) is 0 Å². The van der Waals surface area contributed by atoms with E-state index in [1.165, 1.54) is 32.1 Å². The van der Waals surface area contributed by atoms with Gasteiger partial charge in [-0.3, -0.25) is 10.1 Å². The maximum absolute atomic E-state index is 11.6. The van der Waals surface area contributed by atoms with Gasteiger partial charge in [-0.1, -0.05) is 19.3 Å². The number of hydrogen-bond donors (Lipinski definition) is 1. The molecule has 1 amide bonds. The third-order valence-corrected chi connectivity index (χ3v) is 2.98. The van der Waals surface area contributed by atoms with Crippen molar-refractivity contribution in [2.75, 3.05) is 5.32 Å². The molecule has 3 heteroatoms. The van der Waals surface area contributed by atoms with Crippen molar-refractivity contribution in [3.63, 3.8) is 0 Å². The first-order valence-electron chi connectivity index (χ1n) is 5.68. The lowest BCUT2D eigenvalue weighted by Gasteiger charge is -2.20. The minimum Gasteiger partial charge on any atom is -0.449 e. The fourth-order valence-electron chi connectivity index (χ4n) is 2.19. The van der Waals surface area contributed by atoms with Crippen molar-refractivity contribution in [1.82, 2.24) is 0 Å². The number of rotatable bonds is 3. The summed E-state index contributed by atoms with van der Waals surface area (Å²) in [5.74, 6) is 1.21. The molecule has 0 aromatic carbocycles. The molecule has 0 atom stereocenters. The van der Waals surface area contributed by atoms with Gasteiger partial charge in [-0.05, 0) is 24.8 Å². The average Bonchev–Trinajstić information content (AvgIpc) is 2.71. The predicted molar refractivity (Wildman–Crippen MR) is 58.5 cm³/mol. The second kappa shape index (κ2) is 5.01. The number of furan rings is 1. The number of nitrogens with one attached hydrogen (secondary N) is 1. The molecule has 82 valence electrons. The van der Waals surface area contributed by atoms with Crippen LogP contribution in [0.25, 0.3) is 0 Å². The molecule has 1 aromatic rings. The zero-order chi connectivity index (χ0) is 10.5. The van der Waals surface area contributed by atoms with Gasteiger partial charge in [0, 0.05) is 12.5 Å². The lowest BCUT2D eigenvalue weighted by Crippen LogP contribution is -2.17. The van der Waals surface area contributed by atoms with Crippen molar-refractivity contribution in [2.45, 2.75) is 38.5 Å². The Bertz CT molecular complexity index is 299. The smallest absolute Gasteiger partial charge is 0.226 e. The zero-order valence-corrected chi connectivity index (χ0v) is 8.87. The van der Waals surface area contributed by atoms with Gasteiger partial charge >= 0.3 is 0 Å². The highest BCUT2D eigenvalue weighted by molar-refractivity contribution is 5.89. The van der Waals surface area contributed by atoms with Crippen LogP contribution in [0.3, 0.4) is 0 Å². The Morgan fingerprint density at radius 1 is 1.40 bits per heavy atom. The molecule has 0 saturated heterocycles. The summed E-state index contributed by atoms with van der Waals surface area (Å²) in [7, 11) is 0. The molecular formula is C12H17NO2. The Labute approximate surface area is 89.9 Å². The maximum Gasteiger partial charge on any atom is 0.226 e. The third kappa shape index (κ3) is 3.11. The van der Waals surface area contributed by atoms with Crippen LogP contribution in [0.5, 0.6) is 0 Å². The lowest BCUT2D eigenvalue weighted by molar-refractivity contribution is -0.117. The van der Waals surface area contributed by atoms with Crippen molar-refractivity contribution in [3.05, 3.63) is 18.4 Å². The highest BCUT2D eigenvalue weighted by Gasteiger charge is 2.17. The van der Waals surface area contributed by atoms with Crippen LogP contribution in [0, 0.1) is 5.92 Å². The molecular weight excluding hydrogens is 190 g/mol. The molecule has 0 spiro atoms. The van der Waals surface area contributed by atoms with E-state index in [0.717, 1.165) is 0 Å². The van der Waals surface area contributed by atoms with Crippen LogP contribution in [0.2, 0.25) is 0 Å². The summed E-state index contributed by atoms with van der Waals surface area (Å²) < 4.78 is 5.06. The van der Waals surface area contributed by atoms with Gasteiger partial charge in [-0.15, -0.1) is 0 Å². The van der Waals surface area contributed by atoms with Crippen LogP contribution in [0.1, 0.15) is 38.5 Å². The zero-order valence-electron chi connectivity index (χ0n) is 8.87. The van der Waals surface area contributed by atoms with Gasteiger partial charge in [-0.25, -0.2) is 0 Å². The summed E-state index contributed by atoms with van der Waals surface area (Å²) in [6, 6.07) is 3.54. The monoisotopic (exact) mass is 207 g/mol. The van der Waals surface area contributed by atoms with E-state index in [2.05, 4.69) is 5.32 Å². The summed E-state index contributed by atoms with van der Waals surface area (Å²) in [6.45, 7) is 0. The summed E-state index contributed by atoms with van der Waals surface area (Å²) in [5, 5.41) is 2.76. The van der Waals surface area contributed by atoms with E-state index >= 15 is 0 Å². The molecule has 1 fully saturated rings. The fourth-order valence-corrected chi connectivity index (χ4v) is 2.19. The van der Waals surface area contributed by atoms with Crippen LogP contribution >= 0.6 is 0 Å². The Morgan fingerprint density at radius 3 is 2.87 bits per heavy atom. The van der Waals surface area contributed by atoms with Crippen molar-refractivity contribution in [2.24, 2.45) is 5.92 Å². The summed E-state index contributed by atoms with van der Waals surface area (Å²) >= 11 is 0. The van der Waals surface area contributed by atoms with Gasteiger partial charge in [0.15, 0.2) is 5.88 Å². The van der Waals surface area contributed by atoms with Crippen LogP contribution in [-0.4, -0.2) is 5.91 Å². The van der Waals surface area contributed by atoms with Crippen molar-refractivity contribution in [1.29, 1.82) is 0 Å². The molecule has 15 heavy (non-hydrogen) atoms. The van der Waals surface area contributed by atoms with Crippen LogP contribution < -0.4 is 5.32 Å². The predicted octanol–water partition coefficient (Wildman–Crippen LogP) is 3.19. The molecule has 0 aliphatic heterocycles. The minimum absolute atomic E-state index is 0.0804. The van der Waals surface area contributed by atoms with Crippen LogP contribution in [-0.2, 0) is 4.79 Å². The standard InChI is InChI=1S/C12H17NO2/c14-11(13-12-7-4-8-15-12)9-10-5-2-1-3-6-10/h4,7-8,10H,1-3,5-6,9H2,(H,13,14). The van der Waals surface area contributed by atoms with E-state index in [4.69, 9.17) is 4.42 Å². The SMILES string of the molecule is O=C(CC1CCCCC1)Nc1ccco1. The second-order valence-electron chi connectivity index (χ2n) is 4.23. The van der Waals surface area contributed by atoms with Gasteiger partial charge in [0.1, 0.15) is 0 Å². The topological polar surface area (TPSA) is 42.2 Å². The van der Waals surface area contributed by atoms with E-state index in [-0.39, 0.29) is 5.91 Å². The molecule has 1 aromatic heterocycles. The second-order valence-corrected chi connectivity index (χ2v) is 4.23. The van der Waals surface area contributed by atoms with E-state index in [0.29, 0.717) is 18.2 Å².